The normalized spacial score (nSPS) is 32.5. The van der Waals surface area contributed by atoms with E-state index in [2.05, 4.69) is 4.90 Å². The van der Waals surface area contributed by atoms with Crippen LogP contribution < -0.4 is 5.73 Å². The lowest BCUT2D eigenvalue weighted by molar-refractivity contribution is -0.0416. The highest BCUT2D eigenvalue weighted by molar-refractivity contribution is 7.80. The standard InChI is InChI=1S/C11H20N2O2S/c12-11(16)10-8-13(4-6-15-10)7-9-3-1-2-5-14-9/h9-10H,1-8H2,(H2,12,16). The summed E-state index contributed by atoms with van der Waals surface area (Å²) in [6, 6.07) is 0. The maximum Gasteiger partial charge on any atom is 0.120 e. The van der Waals surface area contributed by atoms with Crippen molar-refractivity contribution in [2.75, 3.05) is 32.8 Å². The Bertz CT molecular complexity index is 244. The van der Waals surface area contributed by atoms with Crippen LogP contribution in [0.4, 0.5) is 0 Å². The van der Waals surface area contributed by atoms with Gasteiger partial charge in [-0.05, 0) is 19.3 Å². The van der Waals surface area contributed by atoms with Gasteiger partial charge in [-0.2, -0.15) is 0 Å². The maximum absolute atomic E-state index is 5.73. The van der Waals surface area contributed by atoms with E-state index in [-0.39, 0.29) is 6.10 Å². The van der Waals surface area contributed by atoms with Crippen molar-refractivity contribution in [2.45, 2.75) is 31.5 Å². The highest BCUT2D eigenvalue weighted by Gasteiger charge is 2.25. The molecule has 2 fully saturated rings. The van der Waals surface area contributed by atoms with E-state index in [9.17, 15) is 0 Å². The van der Waals surface area contributed by atoms with E-state index in [4.69, 9.17) is 27.4 Å². The Morgan fingerprint density at radius 1 is 1.31 bits per heavy atom. The summed E-state index contributed by atoms with van der Waals surface area (Å²) in [5.41, 5.74) is 5.61. The molecule has 0 aromatic carbocycles. The largest absolute Gasteiger partial charge is 0.391 e. The number of hydrogen-bond acceptors (Lipinski definition) is 4. The van der Waals surface area contributed by atoms with Crippen LogP contribution in [0.1, 0.15) is 19.3 Å². The Morgan fingerprint density at radius 2 is 2.19 bits per heavy atom. The van der Waals surface area contributed by atoms with Crippen LogP contribution in [0.25, 0.3) is 0 Å². The van der Waals surface area contributed by atoms with Crippen LogP contribution in [0.3, 0.4) is 0 Å². The predicted molar refractivity (Wildman–Crippen MR) is 66.6 cm³/mol. The highest BCUT2D eigenvalue weighted by Crippen LogP contribution is 2.15. The molecule has 0 aromatic heterocycles. The molecular formula is C11H20N2O2S. The van der Waals surface area contributed by atoms with Crippen molar-refractivity contribution in [3.8, 4) is 0 Å². The fourth-order valence-corrected chi connectivity index (χ4v) is 2.42. The van der Waals surface area contributed by atoms with Gasteiger partial charge in [0, 0.05) is 26.2 Å². The number of hydrogen-bond donors (Lipinski definition) is 1. The van der Waals surface area contributed by atoms with Crippen molar-refractivity contribution in [2.24, 2.45) is 5.73 Å². The van der Waals surface area contributed by atoms with Crippen LogP contribution in [0.15, 0.2) is 0 Å². The van der Waals surface area contributed by atoms with E-state index in [1.165, 1.54) is 19.3 Å². The van der Waals surface area contributed by atoms with Gasteiger partial charge in [0.25, 0.3) is 0 Å². The van der Waals surface area contributed by atoms with Gasteiger partial charge in [-0.15, -0.1) is 0 Å². The second-order valence-corrected chi connectivity index (χ2v) is 4.98. The molecule has 92 valence electrons. The van der Waals surface area contributed by atoms with Crippen molar-refractivity contribution in [3.63, 3.8) is 0 Å². The fourth-order valence-electron chi connectivity index (χ4n) is 2.28. The first-order valence-corrected chi connectivity index (χ1v) is 6.41. The average Bonchev–Trinajstić information content (AvgIpc) is 2.30. The average molecular weight is 244 g/mol. The van der Waals surface area contributed by atoms with Gasteiger partial charge in [0.1, 0.15) is 11.1 Å². The zero-order valence-electron chi connectivity index (χ0n) is 9.56. The van der Waals surface area contributed by atoms with E-state index < -0.39 is 0 Å². The molecule has 2 unspecified atom stereocenters. The molecule has 2 aliphatic rings. The molecule has 0 amide bonds. The second kappa shape index (κ2) is 5.91. The molecule has 0 aliphatic carbocycles. The van der Waals surface area contributed by atoms with Crippen molar-refractivity contribution in [3.05, 3.63) is 0 Å². The summed E-state index contributed by atoms with van der Waals surface area (Å²) in [6.07, 6.45) is 3.98. The van der Waals surface area contributed by atoms with Gasteiger partial charge in [0.05, 0.1) is 12.7 Å². The zero-order chi connectivity index (χ0) is 11.4. The Kier molecular flexibility index (Phi) is 4.52. The van der Waals surface area contributed by atoms with E-state index >= 15 is 0 Å². The van der Waals surface area contributed by atoms with Gasteiger partial charge in [-0.3, -0.25) is 4.90 Å². The SMILES string of the molecule is NC(=S)C1CN(CC2CCCCO2)CCO1. The third-order valence-corrected chi connectivity index (χ3v) is 3.47. The summed E-state index contributed by atoms with van der Waals surface area (Å²) in [7, 11) is 0. The number of thiocarbonyl (C=S) groups is 1. The lowest BCUT2D eigenvalue weighted by Crippen LogP contribution is -2.50. The quantitative estimate of drug-likeness (QED) is 0.734. The summed E-state index contributed by atoms with van der Waals surface area (Å²) < 4.78 is 11.2. The number of nitrogens with zero attached hydrogens (tertiary/aromatic N) is 1. The minimum atomic E-state index is -0.0765. The van der Waals surface area contributed by atoms with Gasteiger partial charge in [-0.25, -0.2) is 0 Å². The van der Waals surface area contributed by atoms with Gasteiger partial charge < -0.3 is 15.2 Å². The van der Waals surface area contributed by atoms with Crippen LogP contribution in [-0.4, -0.2) is 54.9 Å². The Balaban J connectivity index is 1.78. The number of rotatable bonds is 3. The topological polar surface area (TPSA) is 47.7 Å². The third-order valence-electron chi connectivity index (χ3n) is 3.20. The molecular weight excluding hydrogens is 224 g/mol. The Hall–Kier alpha value is -0.230. The monoisotopic (exact) mass is 244 g/mol. The van der Waals surface area contributed by atoms with Crippen LogP contribution in [0, 0.1) is 0 Å². The summed E-state index contributed by atoms with van der Waals surface area (Å²) >= 11 is 4.97. The lowest BCUT2D eigenvalue weighted by atomic mass is 10.1. The summed E-state index contributed by atoms with van der Waals surface area (Å²) in [5, 5.41) is 0. The smallest absolute Gasteiger partial charge is 0.120 e. The third kappa shape index (κ3) is 3.38. The van der Waals surface area contributed by atoms with E-state index in [1.807, 2.05) is 0 Å². The molecule has 2 aliphatic heterocycles. The minimum absolute atomic E-state index is 0.0765. The molecule has 0 saturated carbocycles. The zero-order valence-corrected chi connectivity index (χ0v) is 10.4. The molecule has 4 nitrogen and oxygen atoms in total. The predicted octanol–water partition coefficient (Wildman–Crippen LogP) is 0.542. The van der Waals surface area contributed by atoms with Gasteiger partial charge in [-0.1, -0.05) is 12.2 Å². The first kappa shape index (κ1) is 12.2. The molecule has 2 saturated heterocycles. The van der Waals surface area contributed by atoms with Crippen molar-refractivity contribution in [1.29, 1.82) is 0 Å². The molecule has 2 heterocycles. The number of morpholine rings is 1. The molecule has 0 aromatic rings. The summed E-state index contributed by atoms with van der Waals surface area (Å²) in [6.45, 7) is 4.39. The van der Waals surface area contributed by atoms with Crippen molar-refractivity contribution >= 4 is 17.2 Å². The maximum atomic E-state index is 5.73. The van der Waals surface area contributed by atoms with Crippen molar-refractivity contribution in [1.82, 2.24) is 4.90 Å². The summed E-state index contributed by atoms with van der Waals surface area (Å²) in [5.74, 6) is 0. The number of ether oxygens (including phenoxy) is 2. The molecule has 16 heavy (non-hydrogen) atoms. The fraction of sp³-hybridized carbons (Fsp3) is 0.909. The highest BCUT2D eigenvalue weighted by atomic mass is 32.1. The first-order valence-electron chi connectivity index (χ1n) is 6.00. The molecule has 0 bridgehead atoms. The van der Waals surface area contributed by atoms with Crippen molar-refractivity contribution < 1.29 is 9.47 Å². The summed E-state index contributed by atoms with van der Waals surface area (Å²) in [4.78, 5) is 2.82. The molecule has 0 radical (unpaired) electrons. The Morgan fingerprint density at radius 3 is 2.88 bits per heavy atom. The van der Waals surface area contributed by atoms with E-state index in [0.717, 1.165) is 26.2 Å². The van der Waals surface area contributed by atoms with Crippen LogP contribution in [0.5, 0.6) is 0 Å². The second-order valence-electron chi connectivity index (χ2n) is 4.51. The molecule has 0 spiro atoms. The number of nitrogens with two attached hydrogens (primary N) is 1. The van der Waals surface area contributed by atoms with E-state index in [0.29, 0.717) is 17.7 Å². The first-order chi connectivity index (χ1) is 7.75. The van der Waals surface area contributed by atoms with Gasteiger partial charge >= 0.3 is 0 Å². The molecule has 5 heteroatoms. The molecule has 2 N–H and O–H groups in total. The van der Waals surface area contributed by atoms with Crippen LogP contribution in [0.2, 0.25) is 0 Å². The lowest BCUT2D eigenvalue weighted by Gasteiger charge is -2.35. The van der Waals surface area contributed by atoms with Gasteiger partial charge in [0.2, 0.25) is 0 Å². The Labute approximate surface area is 102 Å². The van der Waals surface area contributed by atoms with Crippen LogP contribution >= 0.6 is 12.2 Å². The van der Waals surface area contributed by atoms with Crippen LogP contribution in [-0.2, 0) is 9.47 Å². The molecule has 2 atom stereocenters. The van der Waals surface area contributed by atoms with E-state index in [1.54, 1.807) is 0 Å². The minimum Gasteiger partial charge on any atom is -0.391 e. The molecule has 2 rings (SSSR count). The van der Waals surface area contributed by atoms with Gasteiger partial charge in [0.15, 0.2) is 0 Å².